The van der Waals surface area contributed by atoms with Gasteiger partial charge in [-0.05, 0) is 23.9 Å². The van der Waals surface area contributed by atoms with Crippen molar-refractivity contribution in [1.29, 1.82) is 0 Å². The molecule has 19 heavy (non-hydrogen) atoms. The lowest BCUT2D eigenvalue weighted by molar-refractivity contribution is -0.135. The average Bonchev–Trinajstić information content (AvgIpc) is 2.45. The van der Waals surface area contributed by atoms with Gasteiger partial charge in [0, 0.05) is 38.0 Å². The van der Waals surface area contributed by atoms with E-state index in [0.717, 1.165) is 16.3 Å². The normalized spacial score (nSPS) is 10.6. The zero-order valence-corrected chi connectivity index (χ0v) is 11.3. The minimum atomic E-state index is -0.00657. The van der Waals surface area contributed by atoms with Crippen LogP contribution in [-0.2, 0) is 16.1 Å². The number of pyridine rings is 1. The van der Waals surface area contributed by atoms with Gasteiger partial charge >= 0.3 is 0 Å². The van der Waals surface area contributed by atoms with Gasteiger partial charge in [0.05, 0.1) is 0 Å². The highest BCUT2D eigenvalue weighted by molar-refractivity contribution is 5.85. The summed E-state index contributed by atoms with van der Waals surface area (Å²) >= 11 is 0. The molecule has 2 rings (SSSR count). The Morgan fingerprint density at radius 3 is 3.00 bits per heavy atom. The van der Waals surface area contributed by atoms with E-state index in [9.17, 15) is 4.79 Å². The molecule has 4 heteroatoms. The SMILES string of the molecule is CCOCC(=O)N(C)Cc1cccc2cnccc12. The summed E-state index contributed by atoms with van der Waals surface area (Å²) in [5.74, 6) is -0.00657. The minimum absolute atomic E-state index is 0.00657. The van der Waals surface area contributed by atoms with E-state index in [-0.39, 0.29) is 12.5 Å². The molecule has 2 aromatic rings. The molecule has 1 aromatic carbocycles. The molecule has 0 radical (unpaired) electrons. The first-order chi connectivity index (χ1) is 9.22. The second-order valence-corrected chi connectivity index (χ2v) is 4.40. The summed E-state index contributed by atoms with van der Waals surface area (Å²) in [4.78, 5) is 17.6. The quantitative estimate of drug-likeness (QED) is 0.826. The zero-order chi connectivity index (χ0) is 13.7. The fraction of sp³-hybridized carbons (Fsp3) is 0.333. The van der Waals surface area contributed by atoms with Gasteiger partial charge in [-0.3, -0.25) is 9.78 Å². The van der Waals surface area contributed by atoms with Crippen molar-refractivity contribution in [1.82, 2.24) is 9.88 Å². The first kappa shape index (κ1) is 13.5. The van der Waals surface area contributed by atoms with Crippen molar-refractivity contribution in [2.45, 2.75) is 13.5 Å². The van der Waals surface area contributed by atoms with Crippen LogP contribution in [0.1, 0.15) is 12.5 Å². The third kappa shape index (κ3) is 3.29. The maximum atomic E-state index is 11.8. The molecule has 0 N–H and O–H groups in total. The first-order valence-electron chi connectivity index (χ1n) is 6.35. The standard InChI is InChI=1S/C15H18N2O2/c1-3-19-11-15(18)17(2)10-13-6-4-5-12-9-16-8-7-14(12)13/h4-9H,3,10-11H2,1-2H3. The number of aromatic nitrogens is 1. The molecule has 0 fully saturated rings. The lowest BCUT2D eigenvalue weighted by Gasteiger charge is -2.18. The highest BCUT2D eigenvalue weighted by Crippen LogP contribution is 2.18. The molecule has 0 atom stereocenters. The van der Waals surface area contributed by atoms with Crippen molar-refractivity contribution in [3.05, 3.63) is 42.2 Å². The average molecular weight is 258 g/mol. The molecule has 0 saturated carbocycles. The lowest BCUT2D eigenvalue weighted by Crippen LogP contribution is -2.29. The molecule has 1 heterocycles. The minimum Gasteiger partial charge on any atom is -0.372 e. The Kier molecular flexibility index (Phi) is 4.47. The maximum Gasteiger partial charge on any atom is 0.248 e. The van der Waals surface area contributed by atoms with E-state index >= 15 is 0 Å². The van der Waals surface area contributed by atoms with Crippen LogP contribution in [0.4, 0.5) is 0 Å². The maximum absolute atomic E-state index is 11.8. The Morgan fingerprint density at radius 1 is 1.37 bits per heavy atom. The number of ether oxygens (including phenoxy) is 1. The molecule has 1 amide bonds. The number of carbonyl (C=O) groups is 1. The van der Waals surface area contributed by atoms with Crippen molar-refractivity contribution < 1.29 is 9.53 Å². The summed E-state index contributed by atoms with van der Waals surface area (Å²) in [7, 11) is 1.79. The van der Waals surface area contributed by atoms with Crippen LogP contribution in [0.5, 0.6) is 0 Å². The zero-order valence-electron chi connectivity index (χ0n) is 11.3. The van der Waals surface area contributed by atoms with Gasteiger partial charge in [0.25, 0.3) is 0 Å². The van der Waals surface area contributed by atoms with Crippen LogP contribution >= 0.6 is 0 Å². The van der Waals surface area contributed by atoms with Gasteiger partial charge < -0.3 is 9.64 Å². The number of rotatable bonds is 5. The van der Waals surface area contributed by atoms with Crippen LogP contribution in [0, 0.1) is 0 Å². The topological polar surface area (TPSA) is 42.4 Å². The van der Waals surface area contributed by atoms with Crippen LogP contribution in [-0.4, -0.2) is 36.1 Å². The fourth-order valence-electron chi connectivity index (χ4n) is 1.97. The molecule has 0 unspecified atom stereocenters. The van der Waals surface area contributed by atoms with E-state index in [1.54, 1.807) is 18.1 Å². The summed E-state index contributed by atoms with van der Waals surface area (Å²) < 4.78 is 5.14. The van der Waals surface area contributed by atoms with E-state index < -0.39 is 0 Å². The molecular weight excluding hydrogens is 240 g/mol. The number of amides is 1. The summed E-state index contributed by atoms with van der Waals surface area (Å²) in [6, 6.07) is 8.02. The van der Waals surface area contributed by atoms with Crippen LogP contribution in [0.25, 0.3) is 10.8 Å². The summed E-state index contributed by atoms with van der Waals surface area (Å²) in [5.41, 5.74) is 1.12. The molecule has 0 bridgehead atoms. The third-order valence-corrected chi connectivity index (χ3v) is 3.03. The Balaban J connectivity index is 2.15. The van der Waals surface area contributed by atoms with Gasteiger partial charge in [-0.15, -0.1) is 0 Å². The molecule has 1 aromatic heterocycles. The van der Waals surface area contributed by atoms with Crippen molar-refractivity contribution in [3.63, 3.8) is 0 Å². The number of nitrogens with zero attached hydrogens (tertiary/aromatic N) is 2. The second kappa shape index (κ2) is 6.29. The number of likely N-dealkylation sites (N-methyl/N-ethyl adjacent to an activating group) is 1. The summed E-state index contributed by atoms with van der Waals surface area (Å²) in [5, 5.41) is 2.22. The van der Waals surface area contributed by atoms with E-state index in [0.29, 0.717) is 13.2 Å². The molecule has 100 valence electrons. The van der Waals surface area contributed by atoms with Crippen LogP contribution in [0.3, 0.4) is 0 Å². The van der Waals surface area contributed by atoms with E-state index in [1.165, 1.54) is 0 Å². The van der Waals surface area contributed by atoms with E-state index in [1.807, 2.05) is 37.4 Å². The Hall–Kier alpha value is -1.94. The fourth-order valence-corrected chi connectivity index (χ4v) is 1.97. The van der Waals surface area contributed by atoms with Crippen LogP contribution < -0.4 is 0 Å². The lowest BCUT2D eigenvalue weighted by atomic mass is 10.1. The van der Waals surface area contributed by atoms with Crippen molar-refractivity contribution in [3.8, 4) is 0 Å². The molecular formula is C15H18N2O2. The largest absolute Gasteiger partial charge is 0.372 e. The number of carbonyl (C=O) groups excluding carboxylic acids is 1. The molecule has 0 saturated heterocycles. The van der Waals surface area contributed by atoms with Crippen molar-refractivity contribution in [2.24, 2.45) is 0 Å². The molecule has 0 aliphatic carbocycles. The van der Waals surface area contributed by atoms with E-state index in [4.69, 9.17) is 4.74 Å². The summed E-state index contributed by atoms with van der Waals surface area (Å²) in [6.07, 6.45) is 3.61. The Labute approximate surface area is 113 Å². The van der Waals surface area contributed by atoms with Gasteiger partial charge in [-0.2, -0.15) is 0 Å². The Morgan fingerprint density at radius 2 is 2.21 bits per heavy atom. The van der Waals surface area contributed by atoms with Gasteiger partial charge in [0.1, 0.15) is 6.61 Å². The molecule has 0 spiro atoms. The Bertz CT molecular complexity index is 564. The number of hydrogen-bond acceptors (Lipinski definition) is 3. The number of hydrogen-bond donors (Lipinski definition) is 0. The van der Waals surface area contributed by atoms with Gasteiger partial charge in [-0.1, -0.05) is 18.2 Å². The van der Waals surface area contributed by atoms with Crippen LogP contribution in [0.2, 0.25) is 0 Å². The first-order valence-corrected chi connectivity index (χ1v) is 6.35. The van der Waals surface area contributed by atoms with Crippen molar-refractivity contribution in [2.75, 3.05) is 20.3 Å². The predicted molar refractivity (Wildman–Crippen MR) is 74.7 cm³/mol. The van der Waals surface area contributed by atoms with Crippen LogP contribution in [0.15, 0.2) is 36.7 Å². The smallest absolute Gasteiger partial charge is 0.248 e. The number of benzene rings is 1. The van der Waals surface area contributed by atoms with Gasteiger partial charge in [-0.25, -0.2) is 0 Å². The predicted octanol–water partition coefficient (Wildman–Crippen LogP) is 2.23. The monoisotopic (exact) mass is 258 g/mol. The molecule has 0 aliphatic heterocycles. The van der Waals surface area contributed by atoms with Gasteiger partial charge in [0.15, 0.2) is 0 Å². The van der Waals surface area contributed by atoms with Gasteiger partial charge in [0.2, 0.25) is 5.91 Å². The molecule has 4 nitrogen and oxygen atoms in total. The molecule has 0 aliphatic rings. The highest BCUT2D eigenvalue weighted by Gasteiger charge is 2.10. The third-order valence-electron chi connectivity index (χ3n) is 3.03. The van der Waals surface area contributed by atoms with E-state index in [2.05, 4.69) is 4.98 Å². The second-order valence-electron chi connectivity index (χ2n) is 4.40. The number of fused-ring (bicyclic) bond motifs is 1. The summed E-state index contributed by atoms with van der Waals surface area (Å²) in [6.45, 7) is 3.15. The highest BCUT2D eigenvalue weighted by atomic mass is 16.5. The van der Waals surface area contributed by atoms with Crippen molar-refractivity contribution >= 4 is 16.7 Å².